The molecule has 1 aromatic carbocycles. The number of aliphatic hydroxyl groups excluding tert-OH is 1. The fraction of sp³-hybridized carbons (Fsp3) is 0.632. The minimum Gasteiger partial charge on any atom is -0.393 e. The lowest BCUT2D eigenvalue weighted by Crippen LogP contribution is -2.38. The summed E-state index contributed by atoms with van der Waals surface area (Å²) in [7, 11) is 1.69. The summed E-state index contributed by atoms with van der Waals surface area (Å²) in [5.41, 5.74) is 2.51. The number of aliphatic hydroxyl groups is 1. The third-order valence-corrected chi connectivity index (χ3v) is 4.35. The van der Waals surface area contributed by atoms with Crippen LogP contribution in [0.15, 0.2) is 29.3 Å². The molecule has 3 N–H and O–H groups in total. The number of benzene rings is 1. The molecule has 1 heterocycles. The van der Waals surface area contributed by atoms with E-state index >= 15 is 0 Å². The second-order valence-electron chi connectivity index (χ2n) is 6.44. The van der Waals surface area contributed by atoms with Crippen molar-refractivity contribution in [3.05, 3.63) is 35.4 Å². The largest absolute Gasteiger partial charge is 0.393 e. The van der Waals surface area contributed by atoms with Crippen molar-refractivity contribution < 1.29 is 9.84 Å². The van der Waals surface area contributed by atoms with E-state index in [4.69, 9.17) is 4.74 Å². The Balaban J connectivity index is 0.00000338. The molecule has 6 nitrogen and oxygen atoms in total. The predicted molar refractivity (Wildman–Crippen MR) is 117 cm³/mol. The molecule has 0 spiro atoms. The van der Waals surface area contributed by atoms with Crippen molar-refractivity contribution >= 4 is 29.9 Å². The normalized spacial score (nSPS) is 16.2. The fourth-order valence-electron chi connectivity index (χ4n) is 2.87. The number of guanidine groups is 1. The van der Waals surface area contributed by atoms with Crippen LogP contribution in [0.25, 0.3) is 0 Å². The van der Waals surface area contributed by atoms with Crippen LogP contribution >= 0.6 is 24.0 Å². The van der Waals surface area contributed by atoms with Crippen molar-refractivity contribution in [2.24, 2.45) is 4.99 Å². The molecule has 148 valence electrons. The molecule has 2 rings (SSSR count). The average Bonchev–Trinajstić information content (AvgIpc) is 2.63. The summed E-state index contributed by atoms with van der Waals surface area (Å²) in [6.45, 7) is 7.86. The molecule has 0 aliphatic carbocycles. The summed E-state index contributed by atoms with van der Waals surface area (Å²) >= 11 is 0. The van der Waals surface area contributed by atoms with Gasteiger partial charge in [0.25, 0.3) is 0 Å². The van der Waals surface area contributed by atoms with E-state index in [-0.39, 0.29) is 30.1 Å². The Morgan fingerprint density at radius 1 is 1.19 bits per heavy atom. The Morgan fingerprint density at radius 2 is 1.85 bits per heavy atom. The summed E-state index contributed by atoms with van der Waals surface area (Å²) in [6.07, 6.45) is 1.66. The van der Waals surface area contributed by atoms with Crippen molar-refractivity contribution in [3.8, 4) is 0 Å². The van der Waals surface area contributed by atoms with E-state index in [0.717, 1.165) is 51.5 Å². The maximum atomic E-state index is 9.58. The molecule has 0 saturated carbocycles. The molecule has 1 aliphatic rings. The number of ether oxygens (including phenoxy) is 1. The molecular weight excluding hydrogens is 443 g/mol. The van der Waals surface area contributed by atoms with Gasteiger partial charge in [-0.2, -0.15) is 0 Å². The van der Waals surface area contributed by atoms with Crippen LogP contribution in [0.4, 0.5) is 0 Å². The van der Waals surface area contributed by atoms with Crippen LogP contribution in [0.1, 0.15) is 30.9 Å². The van der Waals surface area contributed by atoms with E-state index in [0.29, 0.717) is 13.2 Å². The standard InChI is InChI=1S/C19H32N4O2.HI/c1-3-20-19(21-10-13-25-2)22-14-16-4-6-17(7-5-16)15-23-11-8-18(24)9-12-23;/h4-7,18,24H,3,8-15H2,1-2H3,(H2,20,21,22);1H. The zero-order chi connectivity index (χ0) is 17.9. The lowest BCUT2D eigenvalue weighted by atomic mass is 10.1. The van der Waals surface area contributed by atoms with Crippen molar-refractivity contribution in [3.63, 3.8) is 0 Å². The third-order valence-electron chi connectivity index (χ3n) is 4.35. The SMILES string of the molecule is CCNC(=NCc1ccc(CN2CCC(O)CC2)cc1)NCCOC.I. The lowest BCUT2D eigenvalue weighted by molar-refractivity contribution is 0.0792. The Labute approximate surface area is 174 Å². The average molecular weight is 476 g/mol. The smallest absolute Gasteiger partial charge is 0.191 e. The highest BCUT2D eigenvalue weighted by molar-refractivity contribution is 14.0. The van der Waals surface area contributed by atoms with E-state index in [1.165, 1.54) is 11.1 Å². The Hall–Kier alpha value is -0.900. The topological polar surface area (TPSA) is 69.1 Å². The van der Waals surface area contributed by atoms with Crippen molar-refractivity contribution in [1.82, 2.24) is 15.5 Å². The van der Waals surface area contributed by atoms with Gasteiger partial charge in [0.15, 0.2) is 5.96 Å². The highest BCUT2D eigenvalue weighted by atomic mass is 127. The van der Waals surface area contributed by atoms with E-state index < -0.39 is 0 Å². The number of halogens is 1. The van der Waals surface area contributed by atoms with Crippen molar-refractivity contribution in [2.75, 3.05) is 39.9 Å². The first-order valence-corrected chi connectivity index (χ1v) is 9.20. The minimum atomic E-state index is -0.111. The van der Waals surface area contributed by atoms with Gasteiger partial charge in [-0.3, -0.25) is 4.90 Å². The number of rotatable bonds is 8. The number of hydrogen-bond donors (Lipinski definition) is 3. The van der Waals surface area contributed by atoms with E-state index in [9.17, 15) is 5.11 Å². The molecule has 0 bridgehead atoms. The first kappa shape index (κ1) is 23.1. The van der Waals surface area contributed by atoms with Gasteiger partial charge >= 0.3 is 0 Å². The van der Waals surface area contributed by atoms with Crippen molar-refractivity contribution in [1.29, 1.82) is 0 Å². The number of likely N-dealkylation sites (tertiary alicyclic amines) is 1. The van der Waals surface area contributed by atoms with Gasteiger partial charge in [-0.15, -0.1) is 24.0 Å². The zero-order valence-corrected chi connectivity index (χ0v) is 18.2. The van der Waals surface area contributed by atoms with Gasteiger partial charge in [0, 0.05) is 39.8 Å². The Kier molecular flexibility index (Phi) is 11.8. The van der Waals surface area contributed by atoms with Gasteiger partial charge in [-0.1, -0.05) is 24.3 Å². The molecule has 26 heavy (non-hydrogen) atoms. The molecule has 1 fully saturated rings. The molecule has 0 radical (unpaired) electrons. The van der Waals surface area contributed by atoms with Crippen LogP contribution in [-0.2, 0) is 17.8 Å². The highest BCUT2D eigenvalue weighted by Crippen LogP contribution is 2.14. The zero-order valence-electron chi connectivity index (χ0n) is 15.9. The first-order valence-electron chi connectivity index (χ1n) is 9.20. The fourth-order valence-corrected chi connectivity index (χ4v) is 2.87. The maximum absolute atomic E-state index is 9.58. The second-order valence-corrected chi connectivity index (χ2v) is 6.44. The number of aliphatic imine (C=N–C) groups is 1. The van der Waals surface area contributed by atoms with E-state index in [1.54, 1.807) is 7.11 Å². The minimum absolute atomic E-state index is 0. The van der Waals surface area contributed by atoms with Crippen LogP contribution in [0, 0.1) is 0 Å². The van der Waals surface area contributed by atoms with Crippen LogP contribution in [0.5, 0.6) is 0 Å². The highest BCUT2D eigenvalue weighted by Gasteiger charge is 2.16. The molecular formula is C19H33IN4O2. The lowest BCUT2D eigenvalue weighted by Gasteiger charge is -2.29. The van der Waals surface area contributed by atoms with Crippen LogP contribution in [-0.4, -0.2) is 62.0 Å². The van der Waals surface area contributed by atoms with Gasteiger partial charge in [0.05, 0.1) is 19.3 Å². The van der Waals surface area contributed by atoms with Crippen LogP contribution in [0.2, 0.25) is 0 Å². The van der Waals surface area contributed by atoms with E-state index in [1.807, 2.05) is 0 Å². The molecule has 0 atom stereocenters. The summed E-state index contributed by atoms with van der Waals surface area (Å²) in [6, 6.07) is 8.66. The third kappa shape index (κ3) is 8.66. The van der Waals surface area contributed by atoms with Gasteiger partial charge in [-0.05, 0) is 30.9 Å². The van der Waals surface area contributed by atoms with Crippen molar-refractivity contribution in [2.45, 2.75) is 39.0 Å². The van der Waals surface area contributed by atoms with E-state index in [2.05, 4.69) is 51.7 Å². The number of nitrogens with zero attached hydrogens (tertiary/aromatic N) is 2. The van der Waals surface area contributed by atoms with Crippen LogP contribution in [0.3, 0.4) is 0 Å². The number of piperidine rings is 1. The first-order chi connectivity index (χ1) is 12.2. The molecule has 7 heteroatoms. The number of nitrogens with one attached hydrogen (secondary N) is 2. The molecule has 0 unspecified atom stereocenters. The van der Waals surface area contributed by atoms with Gasteiger partial charge < -0.3 is 20.5 Å². The second kappa shape index (κ2) is 13.3. The van der Waals surface area contributed by atoms with Crippen LogP contribution < -0.4 is 10.6 Å². The van der Waals surface area contributed by atoms with Gasteiger partial charge in [-0.25, -0.2) is 4.99 Å². The molecule has 1 aliphatic heterocycles. The Morgan fingerprint density at radius 3 is 2.46 bits per heavy atom. The quantitative estimate of drug-likeness (QED) is 0.232. The summed E-state index contributed by atoms with van der Waals surface area (Å²) in [4.78, 5) is 7.02. The monoisotopic (exact) mass is 476 g/mol. The molecule has 1 aromatic rings. The molecule has 0 amide bonds. The summed E-state index contributed by atoms with van der Waals surface area (Å²) in [5.74, 6) is 0.815. The molecule has 0 aromatic heterocycles. The number of hydrogen-bond acceptors (Lipinski definition) is 4. The number of methoxy groups -OCH3 is 1. The summed E-state index contributed by atoms with van der Waals surface area (Å²) < 4.78 is 5.05. The molecule has 1 saturated heterocycles. The Bertz CT molecular complexity index is 517. The van der Waals surface area contributed by atoms with Gasteiger partial charge in [0.1, 0.15) is 0 Å². The maximum Gasteiger partial charge on any atom is 0.191 e. The van der Waals surface area contributed by atoms with Gasteiger partial charge in [0.2, 0.25) is 0 Å². The summed E-state index contributed by atoms with van der Waals surface area (Å²) in [5, 5.41) is 16.1. The predicted octanol–water partition coefficient (Wildman–Crippen LogP) is 1.96.